The van der Waals surface area contributed by atoms with Gasteiger partial charge in [0.05, 0.1) is 0 Å². The summed E-state index contributed by atoms with van der Waals surface area (Å²) in [7, 11) is 0. The van der Waals surface area contributed by atoms with Crippen molar-refractivity contribution in [2.24, 2.45) is 0 Å². The standard InChI is InChI=1S/C8H15N.C2H6/c1-3-5-8-6-7(4-2)9-8;1-2/h3,7-9H,1,4-6H2,2H3;1-2H3. The highest BCUT2D eigenvalue weighted by atomic mass is 15.0. The van der Waals surface area contributed by atoms with Crippen LogP contribution >= 0.6 is 0 Å². The largest absolute Gasteiger partial charge is 0.311 e. The molecule has 2 atom stereocenters. The first kappa shape index (κ1) is 10.7. The van der Waals surface area contributed by atoms with Crippen molar-refractivity contribution in [3.8, 4) is 0 Å². The van der Waals surface area contributed by atoms with Crippen LogP contribution in [0, 0.1) is 0 Å². The molecule has 0 saturated carbocycles. The number of rotatable bonds is 3. The zero-order chi connectivity index (χ0) is 8.69. The van der Waals surface area contributed by atoms with Crippen LogP contribution in [0.15, 0.2) is 12.7 Å². The molecule has 1 heteroatoms. The molecule has 0 radical (unpaired) electrons. The van der Waals surface area contributed by atoms with E-state index in [2.05, 4.69) is 18.8 Å². The summed E-state index contributed by atoms with van der Waals surface area (Å²) in [6, 6.07) is 1.54. The highest BCUT2D eigenvalue weighted by Crippen LogP contribution is 2.16. The van der Waals surface area contributed by atoms with E-state index in [-0.39, 0.29) is 0 Å². The fourth-order valence-corrected chi connectivity index (χ4v) is 1.30. The molecule has 1 heterocycles. The first-order chi connectivity index (χ1) is 5.36. The quantitative estimate of drug-likeness (QED) is 0.618. The van der Waals surface area contributed by atoms with Gasteiger partial charge in [-0.15, -0.1) is 6.58 Å². The fourth-order valence-electron chi connectivity index (χ4n) is 1.30. The summed E-state index contributed by atoms with van der Waals surface area (Å²) in [5.41, 5.74) is 0. The van der Waals surface area contributed by atoms with E-state index in [0.717, 1.165) is 18.5 Å². The van der Waals surface area contributed by atoms with Crippen molar-refractivity contribution in [2.45, 2.75) is 52.1 Å². The Bertz CT molecular complexity index is 93.0. The molecule has 0 aromatic carbocycles. The molecule has 1 rings (SSSR count). The van der Waals surface area contributed by atoms with Gasteiger partial charge >= 0.3 is 0 Å². The predicted octanol–water partition coefficient (Wildman–Crippen LogP) is 2.73. The van der Waals surface area contributed by atoms with Crippen LogP contribution in [0.4, 0.5) is 0 Å². The molecule has 66 valence electrons. The van der Waals surface area contributed by atoms with E-state index in [9.17, 15) is 0 Å². The maximum atomic E-state index is 3.69. The minimum absolute atomic E-state index is 0.743. The van der Waals surface area contributed by atoms with Gasteiger partial charge in [0.25, 0.3) is 0 Å². The van der Waals surface area contributed by atoms with Gasteiger partial charge in [0.15, 0.2) is 0 Å². The Morgan fingerprint density at radius 3 is 2.36 bits per heavy atom. The lowest BCUT2D eigenvalue weighted by atomic mass is 9.93. The van der Waals surface area contributed by atoms with Gasteiger partial charge in [-0.25, -0.2) is 0 Å². The van der Waals surface area contributed by atoms with Crippen molar-refractivity contribution in [1.82, 2.24) is 5.32 Å². The van der Waals surface area contributed by atoms with Crippen LogP contribution in [-0.4, -0.2) is 12.1 Å². The summed E-state index contributed by atoms with van der Waals surface area (Å²) in [5, 5.41) is 3.46. The van der Waals surface area contributed by atoms with E-state index in [1.165, 1.54) is 12.8 Å². The summed E-state index contributed by atoms with van der Waals surface area (Å²) in [4.78, 5) is 0. The van der Waals surface area contributed by atoms with Crippen LogP contribution in [0.2, 0.25) is 0 Å². The predicted molar refractivity (Wildman–Crippen MR) is 51.8 cm³/mol. The second-order valence-electron chi connectivity index (χ2n) is 2.73. The van der Waals surface area contributed by atoms with Crippen LogP contribution in [0.3, 0.4) is 0 Å². The SMILES string of the molecule is C=CCC1CC(CC)N1.CC. The molecule has 1 saturated heterocycles. The van der Waals surface area contributed by atoms with Crippen molar-refractivity contribution in [3.05, 3.63) is 12.7 Å². The van der Waals surface area contributed by atoms with Gasteiger partial charge in [-0.1, -0.05) is 26.8 Å². The van der Waals surface area contributed by atoms with E-state index >= 15 is 0 Å². The molecule has 2 unspecified atom stereocenters. The lowest BCUT2D eigenvalue weighted by Crippen LogP contribution is -2.51. The maximum Gasteiger partial charge on any atom is 0.0119 e. The second-order valence-corrected chi connectivity index (χ2v) is 2.73. The lowest BCUT2D eigenvalue weighted by molar-refractivity contribution is 0.259. The van der Waals surface area contributed by atoms with Crippen LogP contribution < -0.4 is 5.32 Å². The summed E-state index contributed by atoms with van der Waals surface area (Å²) < 4.78 is 0. The van der Waals surface area contributed by atoms with E-state index in [1.807, 2.05) is 19.9 Å². The third-order valence-corrected chi connectivity index (χ3v) is 1.98. The highest BCUT2D eigenvalue weighted by Gasteiger charge is 2.24. The topological polar surface area (TPSA) is 12.0 Å². The zero-order valence-electron chi connectivity index (χ0n) is 8.06. The maximum absolute atomic E-state index is 3.69. The minimum atomic E-state index is 0.743. The number of hydrogen-bond donors (Lipinski definition) is 1. The van der Waals surface area contributed by atoms with Gasteiger partial charge in [-0.2, -0.15) is 0 Å². The van der Waals surface area contributed by atoms with Gasteiger partial charge in [-0.3, -0.25) is 0 Å². The third-order valence-electron chi connectivity index (χ3n) is 1.98. The molecule has 1 fully saturated rings. The first-order valence-electron chi connectivity index (χ1n) is 4.73. The smallest absolute Gasteiger partial charge is 0.0119 e. The van der Waals surface area contributed by atoms with Gasteiger partial charge in [0.1, 0.15) is 0 Å². The summed E-state index contributed by atoms with van der Waals surface area (Å²) in [6.45, 7) is 9.92. The molecule has 1 nitrogen and oxygen atoms in total. The van der Waals surface area contributed by atoms with E-state index in [0.29, 0.717) is 0 Å². The fraction of sp³-hybridized carbons (Fsp3) is 0.800. The molecule has 0 aromatic rings. The normalized spacial score (nSPS) is 27.9. The van der Waals surface area contributed by atoms with Crippen molar-refractivity contribution in [3.63, 3.8) is 0 Å². The molecule has 1 N–H and O–H groups in total. The van der Waals surface area contributed by atoms with Gasteiger partial charge < -0.3 is 5.32 Å². The van der Waals surface area contributed by atoms with Gasteiger partial charge in [0.2, 0.25) is 0 Å². The monoisotopic (exact) mass is 155 g/mol. The van der Waals surface area contributed by atoms with Gasteiger partial charge in [-0.05, 0) is 19.3 Å². The van der Waals surface area contributed by atoms with Gasteiger partial charge in [0, 0.05) is 12.1 Å². The molecule has 0 aromatic heterocycles. The summed E-state index contributed by atoms with van der Waals surface area (Å²) in [6.07, 6.45) is 5.75. The van der Waals surface area contributed by atoms with Crippen molar-refractivity contribution >= 4 is 0 Å². The molecule has 1 aliphatic rings. The van der Waals surface area contributed by atoms with Crippen LogP contribution in [0.5, 0.6) is 0 Å². The zero-order valence-corrected chi connectivity index (χ0v) is 8.06. The molecule has 0 spiro atoms. The van der Waals surface area contributed by atoms with Crippen molar-refractivity contribution in [2.75, 3.05) is 0 Å². The average molecular weight is 155 g/mol. The Morgan fingerprint density at radius 2 is 2.00 bits per heavy atom. The third kappa shape index (κ3) is 3.57. The van der Waals surface area contributed by atoms with Crippen LogP contribution in [0.1, 0.15) is 40.0 Å². The van der Waals surface area contributed by atoms with Crippen LogP contribution in [-0.2, 0) is 0 Å². The summed E-state index contributed by atoms with van der Waals surface area (Å²) >= 11 is 0. The first-order valence-corrected chi connectivity index (χ1v) is 4.73. The molecular formula is C10H21N. The number of nitrogens with one attached hydrogen (secondary N) is 1. The minimum Gasteiger partial charge on any atom is -0.311 e. The molecule has 0 aliphatic carbocycles. The summed E-state index contributed by atoms with van der Waals surface area (Å²) in [5.74, 6) is 0. The van der Waals surface area contributed by atoms with E-state index in [1.54, 1.807) is 0 Å². The Labute approximate surface area is 70.9 Å². The Morgan fingerprint density at radius 1 is 1.45 bits per heavy atom. The molecule has 11 heavy (non-hydrogen) atoms. The molecule has 0 amide bonds. The Kier molecular flexibility index (Phi) is 6.24. The average Bonchev–Trinajstić information content (AvgIpc) is 2.00. The van der Waals surface area contributed by atoms with Crippen LogP contribution in [0.25, 0.3) is 0 Å². The lowest BCUT2D eigenvalue weighted by Gasteiger charge is -2.36. The Balaban J connectivity index is 0.000000461. The highest BCUT2D eigenvalue weighted by molar-refractivity contribution is 4.91. The van der Waals surface area contributed by atoms with Crippen molar-refractivity contribution in [1.29, 1.82) is 0 Å². The molecular weight excluding hydrogens is 134 g/mol. The second kappa shape index (κ2) is 6.41. The van der Waals surface area contributed by atoms with Crippen molar-refractivity contribution < 1.29 is 0 Å². The number of hydrogen-bond acceptors (Lipinski definition) is 1. The Hall–Kier alpha value is -0.300. The molecule has 0 bridgehead atoms. The molecule has 1 aliphatic heterocycles. The van der Waals surface area contributed by atoms with E-state index < -0.39 is 0 Å². The van der Waals surface area contributed by atoms with E-state index in [4.69, 9.17) is 0 Å².